The Bertz CT molecular complexity index is 571. The van der Waals surface area contributed by atoms with Gasteiger partial charge in [0.15, 0.2) is 5.65 Å². The quantitative estimate of drug-likeness (QED) is 0.607. The molecule has 0 amide bonds. The zero-order chi connectivity index (χ0) is 12.5. The Morgan fingerprint density at radius 1 is 1.50 bits per heavy atom. The second kappa shape index (κ2) is 4.29. The van der Waals surface area contributed by atoms with Gasteiger partial charge in [0.25, 0.3) is 0 Å². The van der Waals surface area contributed by atoms with Crippen LogP contribution in [0.15, 0.2) is 24.5 Å². The van der Waals surface area contributed by atoms with Crippen LogP contribution >= 0.6 is 0 Å². The van der Waals surface area contributed by atoms with Crippen LogP contribution in [0.1, 0.15) is 19.3 Å². The summed E-state index contributed by atoms with van der Waals surface area (Å²) in [4.78, 5) is 6.83. The molecule has 0 unspecified atom stereocenters. The highest BCUT2D eigenvalue weighted by atomic mass is 15.3. The van der Waals surface area contributed by atoms with Crippen LogP contribution in [0, 0.1) is 5.41 Å². The van der Waals surface area contributed by atoms with Gasteiger partial charge < -0.3 is 10.6 Å². The van der Waals surface area contributed by atoms with Gasteiger partial charge in [0.05, 0.1) is 12.0 Å². The average molecular weight is 244 g/mol. The standard InChI is InChI=1S/C12H16N6/c13-10(14)4-7-17(9-1-2-9)11-5-8-18-12(16-11)3-6-15-18/h3,5-6,8-9H,1-2,4,7H2,(H3,13,14). The van der Waals surface area contributed by atoms with Crippen molar-refractivity contribution in [3.05, 3.63) is 24.5 Å². The number of nitrogens with one attached hydrogen (secondary N) is 1. The Labute approximate surface area is 105 Å². The maximum Gasteiger partial charge on any atom is 0.157 e. The summed E-state index contributed by atoms with van der Waals surface area (Å²) < 4.78 is 1.75. The lowest BCUT2D eigenvalue weighted by Gasteiger charge is -2.23. The molecule has 1 saturated carbocycles. The molecule has 18 heavy (non-hydrogen) atoms. The molecule has 6 nitrogen and oxygen atoms in total. The molecule has 0 spiro atoms. The highest BCUT2D eigenvalue weighted by molar-refractivity contribution is 5.77. The summed E-state index contributed by atoms with van der Waals surface area (Å²) >= 11 is 0. The molecule has 1 aliphatic carbocycles. The molecule has 94 valence electrons. The summed E-state index contributed by atoms with van der Waals surface area (Å²) in [5, 5.41) is 11.5. The van der Waals surface area contributed by atoms with E-state index in [-0.39, 0.29) is 5.84 Å². The van der Waals surface area contributed by atoms with Gasteiger partial charge in [0.2, 0.25) is 0 Å². The maximum absolute atomic E-state index is 7.33. The topological polar surface area (TPSA) is 83.3 Å². The number of aromatic nitrogens is 3. The molecule has 1 aliphatic rings. The molecule has 3 N–H and O–H groups in total. The molecule has 0 aliphatic heterocycles. The van der Waals surface area contributed by atoms with E-state index in [0.29, 0.717) is 12.5 Å². The second-order valence-electron chi connectivity index (χ2n) is 4.62. The number of hydrogen-bond donors (Lipinski definition) is 2. The first-order valence-electron chi connectivity index (χ1n) is 6.14. The van der Waals surface area contributed by atoms with Gasteiger partial charge in [-0.25, -0.2) is 9.50 Å². The summed E-state index contributed by atoms with van der Waals surface area (Å²) in [5.74, 6) is 1.18. The van der Waals surface area contributed by atoms with E-state index in [4.69, 9.17) is 11.1 Å². The molecule has 0 radical (unpaired) electrons. The molecule has 2 heterocycles. The van der Waals surface area contributed by atoms with Gasteiger partial charge in [-0.1, -0.05) is 0 Å². The number of anilines is 1. The Kier molecular flexibility index (Phi) is 2.62. The van der Waals surface area contributed by atoms with E-state index in [1.165, 1.54) is 12.8 Å². The Balaban J connectivity index is 1.85. The van der Waals surface area contributed by atoms with Crippen LogP contribution in [0.3, 0.4) is 0 Å². The third kappa shape index (κ3) is 2.13. The van der Waals surface area contributed by atoms with Gasteiger partial charge in [0, 0.05) is 31.3 Å². The molecule has 0 saturated heterocycles. The monoisotopic (exact) mass is 244 g/mol. The first-order chi connectivity index (χ1) is 8.74. The molecule has 2 aromatic rings. The van der Waals surface area contributed by atoms with Gasteiger partial charge >= 0.3 is 0 Å². The maximum atomic E-state index is 7.33. The number of nitrogens with zero attached hydrogens (tertiary/aromatic N) is 4. The lowest BCUT2D eigenvalue weighted by Crippen LogP contribution is -2.30. The van der Waals surface area contributed by atoms with Crippen molar-refractivity contribution in [2.45, 2.75) is 25.3 Å². The van der Waals surface area contributed by atoms with Gasteiger partial charge in [-0.05, 0) is 18.9 Å². The molecule has 0 bridgehead atoms. The smallest absolute Gasteiger partial charge is 0.157 e. The van der Waals surface area contributed by atoms with E-state index < -0.39 is 0 Å². The zero-order valence-corrected chi connectivity index (χ0v) is 10.1. The van der Waals surface area contributed by atoms with Crippen LogP contribution < -0.4 is 10.6 Å². The molecule has 6 heteroatoms. The van der Waals surface area contributed by atoms with Crippen LogP contribution in [0.4, 0.5) is 5.82 Å². The first-order valence-corrected chi connectivity index (χ1v) is 6.14. The number of nitrogens with two attached hydrogens (primary N) is 1. The second-order valence-corrected chi connectivity index (χ2v) is 4.62. The van der Waals surface area contributed by atoms with Crippen molar-refractivity contribution in [1.82, 2.24) is 14.6 Å². The van der Waals surface area contributed by atoms with E-state index in [1.54, 1.807) is 10.7 Å². The fraction of sp³-hybridized carbons (Fsp3) is 0.417. The fourth-order valence-electron chi connectivity index (χ4n) is 2.07. The fourth-order valence-corrected chi connectivity index (χ4v) is 2.07. The van der Waals surface area contributed by atoms with E-state index in [1.807, 2.05) is 18.3 Å². The summed E-state index contributed by atoms with van der Waals surface area (Å²) in [5.41, 5.74) is 6.28. The highest BCUT2D eigenvalue weighted by Gasteiger charge is 2.29. The Hall–Kier alpha value is -2.11. The summed E-state index contributed by atoms with van der Waals surface area (Å²) in [7, 11) is 0. The van der Waals surface area contributed by atoms with Crippen LogP contribution in [0.25, 0.3) is 5.65 Å². The van der Waals surface area contributed by atoms with Gasteiger partial charge in [-0.15, -0.1) is 0 Å². The predicted molar refractivity (Wildman–Crippen MR) is 69.9 cm³/mol. The molecule has 1 fully saturated rings. The number of hydrogen-bond acceptors (Lipinski definition) is 4. The Morgan fingerprint density at radius 2 is 2.33 bits per heavy atom. The Morgan fingerprint density at radius 3 is 3.06 bits per heavy atom. The zero-order valence-electron chi connectivity index (χ0n) is 10.1. The number of rotatable bonds is 5. The van der Waals surface area contributed by atoms with Crippen LogP contribution in [-0.2, 0) is 0 Å². The highest BCUT2D eigenvalue weighted by Crippen LogP contribution is 2.30. The summed E-state index contributed by atoms with van der Waals surface area (Å²) in [6, 6.07) is 4.42. The molecule has 2 aromatic heterocycles. The van der Waals surface area contributed by atoms with Crippen LogP contribution in [0.5, 0.6) is 0 Å². The van der Waals surface area contributed by atoms with Crippen molar-refractivity contribution in [3.8, 4) is 0 Å². The normalized spacial score (nSPS) is 14.9. The molecular weight excluding hydrogens is 228 g/mol. The minimum absolute atomic E-state index is 0.228. The third-order valence-corrected chi connectivity index (χ3v) is 3.15. The van der Waals surface area contributed by atoms with Crippen molar-refractivity contribution < 1.29 is 0 Å². The molecule has 0 atom stereocenters. The first kappa shape index (κ1) is 11.0. The minimum atomic E-state index is 0.228. The summed E-state index contributed by atoms with van der Waals surface area (Å²) in [6.45, 7) is 0.761. The van der Waals surface area contributed by atoms with E-state index in [2.05, 4.69) is 15.0 Å². The number of fused-ring (bicyclic) bond motifs is 1. The number of amidine groups is 1. The van der Waals surface area contributed by atoms with Crippen molar-refractivity contribution in [1.29, 1.82) is 5.41 Å². The van der Waals surface area contributed by atoms with Crippen molar-refractivity contribution in [3.63, 3.8) is 0 Å². The van der Waals surface area contributed by atoms with Crippen LogP contribution in [0.2, 0.25) is 0 Å². The molecule has 0 aromatic carbocycles. The predicted octanol–water partition coefficient (Wildman–Crippen LogP) is 1.02. The van der Waals surface area contributed by atoms with Crippen molar-refractivity contribution in [2.24, 2.45) is 5.73 Å². The van der Waals surface area contributed by atoms with Crippen molar-refractivity contribution >= 4 is 17.3 Å². The van der Waals surface area contributed by atoms with Crippen molar-refractivity contribution in [2.75, 3.05) is 11.4 Å². The summed E-state index contributed by atoms with van der Waals surface area (Å²) in [6.07, 6.45) is 6.64. The van der Waals surface area contributed by atoms with Gasteiger partial charge in [-0.2, -0.15) is 5.10 Å². The largest absolute Gasteiger partial charge is 0.388 e. The molecular formula is C12H16N6. The van der Waals surface area contributed by atoms with E-state index >= 15 is 0 Å². The van der Waals surface area contributed by atoms with Gasteiger partial charge in [0.1, 0.15) is 5.82 Å². The lowest BCUT2D eigenvalue weighted by atomic mass is 10.3. The average Bonchev–Trinajstić information content (AvgIpc) is 3.07. The van der Waals surface area contributed by atoms with E-state index in [0.717, 1.165) is 18.0 Å². The minimum Gasteiger partial charge on any atom is -0.388 e. The van der Waals surface area contributed by atoms with Gasteiger partial charge in [-0.3, -0.25) is 5.41 Å². The third-order valence-electron chi connectivity index (χ3n) is 3.15. The lowest BCUT2D eigenvalue weighted by molar-refractivity contribution is 0.778. The van der Waals surface area contributed by atoms with Crippen LogP contribution in [-0.4, -0.2) is 33.0 Å². The SMILES string of the molecule is N=C(N)CCN(c1ccn2nccc2n1)C1CC1. The molecule has 3 rings (SSSR count). The van der Waals surface area contributed by atoms with E-state index in [9.17, 15) is 0 Å².